The summed E-state index contributed by atoms with van der Waals surface area (Å²) in [5.74, 6) is 2.92. The maximum absolute atomic E-state index is 6.01. The summed E-state index contributed by atoms with van der Waals surface area (Å²) in [5, 5.41) is 1.33. The molecule has 0 bridgehead atoms. The SMILES string of the molecule is C[C@H]1CCc2c(sc3nc(C[NH+]4CCOCC4)nc(N4C[C@@H](C)O[C@H](C)C4)c23)C1. The number of quaternary nitrogens is 1. The lowest BCUT2D eigenvalue weighted by molar-refractivity contribution is -0.922. The van der Waals surface area contributed by atoms with E-state index in [1.165, 1.54) is 33.5 Å². The fourth-order valence-electron chi connectivity index (χ4n) is 5.09. The molecular formula is C22H33N4O2S+. The lowest BCUT2D eigenvalue weighted by atomic mass is 9.89. The highest BCUT2D eigenvalue weighted by molar-refractivity contribution is 7.19. The molecule has 2 aromatic rings. The van der Waals surface area contributed by atoms with Crippen molar-refractivity contribution in [3.05, 3.63) is 16.3 Å². The molecule has 2 aromatic heterocycles. The van der Waals surface area contributed by atoms with Crippen molar-refractivity contribution in [2.24, 2.45) is 5.92 Å². The minimum atomic E-state index is 0.228. The Labute approximate surface area is 177 Å². The van der Waals surface area contributed by atoms with Crippen molar-refractivity contribution < 1.29 is 14.4 Å². The largest absolute Gasteiger partial charge is 0.372 e. The zero-order valence-electron chi connectivity index (χ0n) is 17.9. The Bertz CT molecular complexity index is 869. The molecule has 6 nitrogen and oxygen atoms in total. The van der Waals surface area contributed by atoms with Crippen LogP contribution in [0, 0.1) is 5.92 Å². The molecule has 1 N–H and O–H groups in total. The van der Waals surface area contributed by atoms with Gasteiger partial charge in [-0.05, 0) is 44.6 Å². The van der Waals surface area contributed by atoms with Gasteiger partial charge >= 0.3 is 0 Å². The Morgan fingerprint density at radius 3 is 2.62 bits per heavy atom. The highest BCUT2D eigenvalue weighted by Gasteiger charge is 2.30. The molecule has 0 radical (unpaired) electrons. The van der Waals surface area contributed by atoms with E-state index in [1.54, 1.807) is 4.88 Å². The zero-order valence-corrected chi connectivity index (χ0v) is 18.7. The Morgan fingerprint density at radius 1 is 1.10 bits per heavy atom. The first kappa shape index (κ1) is 19.7. The third-order valence-electron chi connectivity index (χ3n) is 6.51. The first-order valence-corrected chi connectivity index (χ1v) is 12.0. The van der Waals surface area contributed by atoms with Crippen molar-refractivity contribution in [3.63, 3.8) is 0 Å². The lowest BCUT2D eigenvalue weighted by Gasteiger charge is -2.36. The molecule has 1 aliphatic carbocycles. The van der Waals surface area contributed by atoms with Crippen molar-refractivity contribution in [1.82, 2.24) is 9.97 Å². The molecule has 0 spiro atoms. The van der Waals surface area contributed by atoms with Gasteiger partial charge in [-0.1, -0.05) is 6.92 Å². The van der Waals surface area contributed by atoms with E-state index in [0.717, 1.165) is 69.9 Å². The fourth-order valence-corrected chi connectivity index (χ4v) is 6.48. The van der Waals surface area contributed by atoms with Crippen LogP contribution in [0.4, 0.5) is 5.82 Å². The molecule has 2 aliphatic heterocycles. The Hall–Kier alpha value is -1.28. The van der Waals surface area contributed by atoms with Gasteiger partial charge in [0.25, 0.3) is 0 Å². The molecule has 4 heterocycles. The predicted octanol–water partition coefficient (Wildman–Crippen LogP) is 1.84. The van der Waals surface area contributed by atoms with Gasteiger partial charge in [-0.2, -0.15) is 0 Å². The molecule has 2 saturated heterocycles. The normalized spacial score (nSPS) is 28.7. The van der Waals surface area contributed by atoms with Crippen LogP contribution in [0.5, 0.6) is 0 Å². The molecule has 7 heteroatoms. The maximum atomic E-state index is 6.01. The molecule has 0 aromatic carbocycles. The van der Waals surface area contributed by atoms with Crippen molar-refractivity contribution in [2.45, 2.75) is 58.8 Å². The Kier molecular flexibility index (Phi) is 5.49. The van der Waals surface area contributed by atoms with Gasteiger partial charge in [0, 0.05) is 18.0 Å². The molecule has 0 amide bonds. The zero-order chi connectivity index (χ0) is 20.0. The number of hydrogen-bond donors (Lipinski definition) is 1. The number of hydrogen-bond acceptors (Lipinski definition) is 6. The average Bonchev–Trinajstić information content (AvgIpc) is 3.04. The van der Waals surface area contributed by atoms with Gasteiger partial charge in [-0.25, -0.2) is 9.97 Å². The second-order valence-electron chi connectivity index (χ2n) is 9.20. The standard InChI is InChI=1S/C22H32N4O2S/c1-14-4-5-17-18(10-14)29-22-20(17)21(26-11-15(2)28-16(3)12-26)23-19(24-22)13-25-6-8-27-9-7-25/h14-16H,4-13H2,1-3H3/p+1/t14-,15+,16+/m0/s1. The molecule has 158 valence electrons. The van der Waals surface area contributed by atoms with Crippen LogP contribution in [0.25, 0.3) is 10.2 Å². The van der Waals surface area contributed by atoms with Crippen LogP contribution in [0.2, 0.25) is 0 Å². The molecule has 0 unspecified atom stereocenters. The van der Waals surface area contributed by atoms with Gasteiger partial charge in [-0.3, -0.25) is 0 Å². The Morgan fingerprint density at radius 2 is 1.86 bits per heavy atom. The van der Waals surface area contributed by atoms with E-state index >= 15 is 0 Å². The summed E-state index contributed by atoms with van der Waals surface area (Å²) >= 11 is 1.92. The van der Waals surface area contributed by atoms with Crippen molar-refractivity contribution in [3.8, 4) is 0 Å². The van der Waals surface area contributed by atoms with Crippen molar-refractivity contribution >= 4 is 27.4 Å². The molecule has 3 atom stereocenters. The number of fused-ring (bicyclic) bond motifs is 3. The van der Waals surface area contributed by atoms with Crippen LogP contribution in [0.3, 0.4) is 0 Å². The number of morpholine rings is 2. The first-order valence-electron chi connectivity index (χ1n) is 11.2. The van der Waals surface area contributed by atoms with Gasteiger partial charge in [0.2, 0.25) is 0 Å². The number of ether oxygens (including phenoxy) is 2. The predicted molar refractivity (Wildman–Crippen MR) is 116 cm³/mol. The quantitative estimate of drug-likeness (QED) is 0.826. The second-order valence-corrected chi connectivity index (χ2v) is 10.3. The van der Waals surface area contributed by atoms with E-state index in [-0.39, 0.29) is 12.2 Å². The van der Waals surface area contributed by atoms with Crippen LogP contribution in [0.15, 0.2) is 0 Å². The number of nitrogens with zero attached hydrogens (tertiary/aromatic N) is 3. The van der Waals surface area contributed by atoms with Crippen LogP contribution >= 0.6 is 11.3 Å². The molecule has 5 rings (SSSR count). The van der Waals surface area contributed by atoms with Gasteiger partial charge in [0.15, 0.2) is 5.82 Å². The number of rotatable bonds is 3. The fraction of sp³-hybridized carbons (Fsp3) is 0.727. The van der Waals surface area contributed by atoms with Gasteiger partial charge in [0.05, 0.1) is 30.8 Å². The van der Waals surface area contributed by atoms with E-state index in [1.807, 2.05) is 11.3 Å². The topological polar surface area (TPSA) is 51.9 Å². The monoisotopic (exact) mass is 417 g/mol. The van der Waals surface area contributed by atoms with Gasteiger partial charge in [0.1, 0.15) is 30.3 Å². The molecule has 29 heavy (non-hydrogen) atoms. The molecular weight excluding hydrogens is 384 g/mol. The molecule has 3 aliphatic rings. The summed E-state index contributed by atoms with van der Waals surface area (Å²) in [6.45, 7) is 13.2. The Balaban J connectivity index is 1.57. The number of anilines is 1. The van der Waals surface area contributed by atoms with Crippen LogP contribution in [0.1, 0.15) is 43.5 Å². The molecule has 2 fully saturated rings. The summed E-state index contributed by atoms with van der Waals surface area (Å²) in [5.41, 5.74) is 1.52. The third-order valence-corrected chi connectivity index (χ3v) is 7.66. The van der Waals surface area contributed by atoms with Crippen LogP contribution < -0.4 is 9.80 Å². The van der Waals surface area contributed by atoms with Crippen molar-refractivity contribution in [2.75, 3.05) is 44.3 Å². The average molecular weight is 418 g/mol. The van der Waals surface area contributed by atoms with Crippen LogP contribution in [-0.2, 0) is 28.9 Å². The molecule has 0 saturated carbocycles. The highest BCUT2D eigenvalue weighted by atomic mass is 32.1. The van der Waals surface area contributed by atoms with Gasteiger partial charge < -0.3 is 19.3 Å². The van der Waals surface area contributed by atoms with E-state index < -0.39 is 0 Å². The van der Waals surface area contributed by atoms with E-state index in [9.17, 15) is 0 Å². The summed E-state index contributed by atoms with van der Waals surface area (Å²) < 4.78 is 11.5. The van der Waals surface area contributed by atoms with E-state index in [2.05, 4.69) is 25.7 Å². The van der Waals surface area contributed by atoms with Crippen LogP contribution in [-0.4, -0.2) is 61.6 Å². The number of nitrogens with one attached hydrogen (secondary N) is 1. The minimum absolute atomic E-state index is 0.228. The summed E-state index contributed by atoms with van der Waals surface area (Å²) in [4.78, 5) is 17.0. The summed E-state index contributed by atoms with van der Waals surface area (Å²) in [7, 11) is 0. The summed E-state index contributed by atoms with van der Waals surface area (Å²) in [6, 6.07) is 0. The second kappa shape index (κ2) is 8.10. The van der Waals surface area contributed by atoms with Gasteiger partial charge in [-0.15, -0.1) is 11.3 Å². The lowest BCUT2D eigenvalue weighted by Crippen LogP contribution is -3.12. The number of thiophene rings is 1. The van der Waals surface area contributed by atoms with E-state index in [4.69, 9.17) is 19.4 Å². The van der Waals surface area contributed by atoms with E-state index in [0.29, 0.717) is 0 Å². The number of aryl methyl sites for hydroxylation is 1. The summed E-state index contributed by atoms with van der Waals surface area (Å²) in [6.07, 6.45) is 4.08. The number of aromatic nitrogens is 2. The van der Waals surface area contributed by atoms with Crippen molar-refractivity contribution in [1.29, 1.82) is 0 Å². The maximum Gasteiger partial charge on any atom is 0.187 e. The smallest absolute Gasteiger partial charge is 0.187 e. The minimum Gasteiger partial charge on any atom is -0.372 e. The highest BCUT2D eigenvalue weighted by Crippen LogP contribution is 2.41. The first-order chi connectivity index (χ1) is 14.1. The third kappa shape index (κ3) is 4.02.